The van der Waals surface area contributed by atoms with Gasteiger partial charge in [-0.05, 0) is 18.1 Å². The maximum Gasteiger partial charge on any atom is 0.191 e. The van der Waals surface area contributed by atoms with Crippen molar-refractivity contribution in [1.82, 2.24) is 0 Å². The number of hydrogen-bond donors (Lipinski definition) is 2. The molecule has 0 atom stereocenters. The Morgan fingerprint density at radius 1 is 1.43 bits per heavy atom. The second kappa shape index (κ2) is 4.50. The van der Waals surface area contributed by atoms with Gasteiger partial charge in [-0.25, -0.2) is 4.99 Å². The van der Waals surface area contributed by atoms with Crippen LogP contribution >= 0.6 is 0 Å². The molecule has 76 valence electrons. The lowest BCUT2D eigenvalue weighted by Crippen LogP contribution is -2.22. The van der Waals surface area contributed by atoms with Crippen LogP contribution in [0.25, 0.3) is 0 Å². The van der Waals surface area contributed by atoms with Gasteiger partial charge in [-0.2, -0.15) is 0 Å². The van der Waals surface area contributed by atoms with Crippen molar-refractivity contribution < 1.29 is 4.74 Å². The van der Waals surface area contributed by atoms with E-state index in [-0.39, 0.29) is 5.96 Å². The monoisotopic (exact) mass is 193 g/mol. The predicted molar refractivity (Wildman–Crippen MR) is 57.8 cm³/mol. The van der Waals surface area contributed by atoms with Gasteiger partial charge in [0.15, 0.2) is 5.96 Å². The number of hydrogen-bond acceptors (Lipinski definition) is 2. The molecule has 0 saturated heterocycles. The number of benzene rings is 1. The van der Waals surface area contributed by atoms with Crippen molar-refractivity contribution in [2.45, 2.75) is 13.3 Å². The molecule has 0 aliphatic rings. The van der Waals surface area contributed by atoms with E-state index in [4.69, 9.17) is 16.2 Å². The Kier molecular flexibility index (Phi) is 3.34. The van der Waals surface area contributed by atoms with Crippen molar-refractivity contribution in [3.05, 3.63) is 23.8 Å². The minimum Gasteiger partial charge on any atom is -0.494 e. The lowest BCUT2D eigenvalue weighted by molar-refractivity contribution is 0.415. The van der Waals surface area contributed by atoms with Crippen molar-refractivity contribution in [1.29, 1.82) is 0 Å². The number of aryl methyl sites for hydroxylation is 1. The highest BCUT2D eigenvalue weighted by Crippen LogP contribution is 2.31. The third-order valence-corrected chi connectivity index (χ3v) is 1.92. The smallest absolute Gasteiger partial charge is 0.191 e. The molecule has 0 aromatic heterocycles. The lowest BCUT2D eigenvalue weighted by atomic mass is 10.1. The van der Waals surface area contributed by atoms with Crippen LogP contribution in [0.1, 0.15) is 12.5 Å². The minimum atomic E-state index is 0.0456. The van der Waals surface area contributed by atoms with Gasteiger partial charge in [0.25, 0.3) is 0 Å². The van der Waals surface area contributed by atoms with E-state index < -0.39 is 0 Å². The average molecular weight is 193 g/mol. The highest BCUT2D eigenvalue weighted by Gasteiger charge is 2.06. The van der Waals surface area contributed by atoms with Gasteiger partial charge < -0.3 is 16.2 Å². The van der Waals surface area contributed by atoms with E-state index in [1.165, 1.54) is 0 Å². The van der Waals surface area contributed by atoms with Gasteiger partial charge in [-0.1, -0.05) is 19.1 Å². The molecule has 0 heterocycles. The molecule has 4 nitrogen and oxygen atoms in total. The quantitative estimate of drug-likeness (QED) is 0.559. The molecule has 0 aliphatic heterocycles. The topological polar surface area (TPSA) is 73.6 Å². The third-order valence-electron chi connectivity index (χ3n) is 1.92. The zero-order valence-electron chi connectivity index (χ0n) is 8.45. The van der Waals surface area contributed by atoms with E-state index in [0.717, 1.165) is 17.7 Å². The molecule has 0 saturated carbocycles. The van der Waals surface area contributed by atoms with Crippen LogP contribution in [0.2, 0.25) is 0 Å². The molecule has 0 aliphatic carbocycles. The molecule has 4 heteroatoms. The summed E-state index contributed by atoms with van der Waals surface area (Å²) in [6.45, 7) is 2.04. The van der Waals surface area contributed by atoms with Crippen LogP contribution in [-0.2, 0) is 6.42 Å². The number of rotatable bonds is 3. The molecular formula is C10H15N3O. The Labute approximate surface area is 83.6 Å². The highest BCUT2D eigenvalue weighted by atomic mass is 16.5. The Morgan fingerprint density at radius 2 is 2.14 bits per heavy atom. The third kappa shape index (κ3) is 2.16. The van der Waals surface area contributed by atoms with E-state index in [2.05, 4.69) is 4.99 Å². The van der Waals surface area contributed by atoms with Crippen molar-refractivity contribution in [2.75, 3.05) is 7.11 Å². The fourth-order valence-corrected chi connectivity index (χ4v) is 1.27. The van der Waals surface area contributed by atoms with Crippen molar-refractivity contribution in [3.8, 4) is 5.75 Å². The number of ether oxygens (including phenoxy) is 1. The van der Waals surface area contributed by atoms with Gasteiger partial charge in [0, 0.05) is 0 Å². The predicted octanol–water partition coefficient (Wildman–Crippen LogP) is 1.16. The van der Waals surface area contributed by atoms with Gasteiger partial charge in [-0.3, -0.25) is 0 Å². The Balaban J connectivity index is 3.26. The average Bonchev–Trinajstić information content (AvgIpc) is 2.17. The van der Waals surface area contributed by atoms with Crippen molar-refractivity contribution in [3.63, 3.8) is 0 Å². The molecule has 0 unspecified atom stereocenters. The van der Waals surface area contributed by atoms with Crippen LogP contribution in [0, 0.1) is 0 Å². The zero-order chi connectivity index (χ0) is 10.6. The maximum atomic E-state index is 5.34. The standard InChI is InChI=1S/C10H15N3O/c1-3-7-5-4-6-8(14-2)9(7)13-10(11)12/h4-6H,3H2,1-2H3,(H4,11,12,13). The summed E-state index contributed by atoms with van der Waals surface area (Å²) in [6.07, 6.45) is 0.864. The van der Waals surface area contributed by atoms with Gasteiger partial charge in [-0.15, -0.1) is 0 Å². The van der Waals surface area contributed by atoms with Crippen LogP contribution in [0.4, 0.5) is 5.69 Å². The summed E-state index contributed by atoms with van der Waals surface area (Å²) < 4.78 is 5.17. The first kappa shape index (κ1) is 10.4. The molecule has 0 fully saturated rings. The van der Waals surface area contributed by atoms with E-state index in [0.29, 0.717) is 5.75 Å². The highest BCUT2D eigenvalue weighted by molar-refractivity contribution is 5.81. The molecule has 1 rings (SSSR count). The van der Waals surface area contributed by atoms with E-state index in [1.54, 1.807) is 7.11 Å². The number of guanidine groups is 1. The first-order valence-corrected chi connectivity index (χ1v) is 4.44. The van der Waals surface area contributed by atoms with Crippen LogP contribution < -0.4 is 16.2 Å². The maximum absolute atomic E-state index is 5.34. The zero-order valence-corrected chi connectivity index (χ0v) is 8.45. The molecular weight excluding hydrogens is 178 g/mol. The Hall–Kier alpha value is -1.71. The Morgan fingerprint density at radius 3 is 2.64 bits per heavy atom. The molecule has 1 aromatic rings. The SMILES string of the molecule is CCc1cccc(OC)c1N=C(N)N. The number of methoxy groups -OCH3 is 1. The van der Waals surface area contributed by atoms with Crippen LogP contribution in [0.15, 0.2) is 23.2 Å². The normalized spacial score (nSPS) is 9.57. The van der Waals surface area contributed by atoms with E-state index >= 15 is 0 Å². The van der Waals surface area contributed by atoms with Crippen LogP contribution in [0.3, 0.4) is 0 Å². The summed E-state index contributed by atoms with van der Waals surface area (Å²) in [7, 11) is 1.60. The summed E-state index contributed by atoms with van der Waals surface area (Å²) in [4.78, 5) is 4.05. The first-order valence-electron chi connectivity index (χ1n) is 4.44. The van der Waals surface area contributed by atoms with Gasteiger partial charge in [0.05, 0.1) is 7.11 Å². The second-order valence-electron chi connectivity index (χ2n) is 2.86. The van der Waals surface area contributed by atoms with Crippen LogP contribution in [-0.4, -0.2) is 13.1 Å². The van der Waals surface area contributed by atoms with Crippen molar-refractivity contribution >= 4 is 11.6 Å². The summed E-state index contributed by atoms with van der Waals surface area (Å²) in [6, 6.07) is 5.73. The molecule has 0 amide bonds. The van der Waals surface area contributed by atoms with Crippen molar-refractivity contribution in [2.24, 2.45) is 16.5 Å². The minimum absolute atomic E-state index is 0.0456. The fraction of sp³-hybridized carbons (Fsp3) is 0.300. The summed E-state index contributed by atoms with van der Waals surface area (Å²) >= 11 is 0. The molecule has 0 radical (unpaired) electrons. The molecule has 1 aromatic carbocycles. The van der Waals surface area contributed by atoms with Gasteiger partial charge in [0.1, 0.15) is 11.4 Å². The summed E-state index contributed by atoms with van der Waals surface area (Å²) in [5.41, 5.74) is 12.5. The number of nitrogens with zero attached hydrogens (tertiary/aromatic N) is 1. The molecule has 14 heavy (non-hydrogen) atoms. The fourth-order valence-electron chi connectivity index (χ4n) is 1.27. The lowest BCUT2D eigenvalue weighted by Gasteiger charge is -2.08. The van der Waals surface area contributed by atoms with Gasteiger partial charge >= 0.3 is 0 Å². The molecule has 0 spiro atoms. The van der Waals surface area contributed by atoms with E-state index in [1.807, 2.05) is 25.1 Å². The summed E-state index contributed by atoms with van der Waals surface area (Å²) in [5.74, 6) is 0.738. The first-order chi connectivity index (χ1) is 6.69. The molecule has 0 bridgehead atoms. The molecule has 4 N–H and O–H groups in total. The second-order valence-corrected chi connectivity index (χ2v) is 2.86. The Bertz CT molecular complexity index is 321. The van der Waals surface area contributed by atoms with Gasteiger partial charge in [0.2, 0.25) is 0 Å². The van der Waals surface area contributed by atoms with E-state index in [9.17, 15) is 0 Å². The number of aliphatic imine (C=N–C) groups is 1. The summed E-state index contributed by atoms with van der Waals surface area (Å²) in [5, 5.41) is 0. The van der Waals surface area contributed by atoms with Crippen LogP contribution in [0.5, 0.6) is 5.75 Å². The number of nitrogens with two attached hydrogens (primary N) is 2. The largest absolute Gasteiger partial charge is 0.494 e. The number of para-hydroxylation sites is 1.